The predicted octanol–water partition coefficient (Wildman–Crippen LogP) is 6.21. The normalized spacial score (nSPS) is 14.3. The molecule has 4 rings (SSSR count). The molecule has 0 aromatic heterocycles. The van der Waals surface area contributed by atoms with Crippen LogP contribution < -0.4 is 25.0 Å². The van der Waals surface area contributed by atoms with Crippen molar-refractivity contribution in [2.24, 2.45) is 0 Å². The number of hydrogen-bond donors (Lipinski definition) is 2. The van der Waals surface area contributed by atoms with Gasteiger partial charge in [0, 0.05) is 5.69 Å². The molecule has 200 valence electrons. The number of carbonyl (C=O) groups is 4. The molecule has 3 aromatic rings. The van der Waals surface area contributed by atoms with Crippen molar-refractivity contribution >= 4 is 96.3 Å². The van der Waals surface area contributed by atoms with Crippen LogP contribution in [0.25, 0.3) is 6.08 Å². The molecular formula is C26H17Br2Cl2N3O6. The average Bonchev–Trinajstić information content (AvgIpc) is 2.88. The summed E-state index contributed by atoms with van der Waals surface area (Å²) in [4.78, 5) is 51.3. The van der Waals surface area contributed by atoms with Gasteiger partial charge in [-0.2, -0.15) is 0 Å². The predicted molar refractivity (Wildman–Crippen MR) is 154 cm³/mol. The second-order valence-electron chi connectivity index (χ2n) is 7.94. The van der Waals surface area contributed by atoms with Gasteiger partial charge in [-0.15, -0.1) is 0 Å². The number of rotatable bonds is 7. The van der Waals surface area contributed by atoms with Crippen molar-refractivity contribution in [1.82, 2.24) is 5.32 Å². The molecule has 13 heteroatoms. The van der Waals surface area contributed by atoms with Crippen LogP contribution in [0.2, 0.25) is 10.0 Å². The first-order valence-corrected chi connectivity index (χ1v) is 13.3. The van der Waals surface area contributed by atoms with Gasteiger partial charge < -0.3 is 14.8 Å². The van der Waals surface area contributed by atoms with Crippen molar-refractivity contribution in [2.45, 2.75) is 0 Å². The number of benzene rings is 3. The number of urea groups is 1. The van der Waals surface area contributed by atoms with Crippen LogP contribution in [0.1, 0.15) is 5.56 Å². The number of amides is 5. The number of anilines is 2. The third-order valence-corrected chi connectivity index (χ3v) is 7.23. The third-order valence-electron chi connectivity index (χ3n) is 5.31. The maximum atomic E-state index is 13.1. The Labute approximate surface area is 249 Å². The van der Waals surface area contributed by atoms with E-state index in [4.69, 9.17) is 32.7 Å². The Hall–Kier alpha value is -3.38. The highest BCUT2D eigenvalue weighted by Crippen LogP contribution is 2.36. The summed E-state index contributed by atoms with van der Waals surface area (Å²) >= 11 is 18.6. The van der Waals surface area contributed by atoms with E-state index in [9.17, 15) is 19.2 Å². The van der Waals surface area contributed by atoms with Crippen molar-refractivity contribution in [1.29, 1.82) is 0 Å². The zero-order valence-electron chi connectivity index (χ0n) is 19.9. The minimum Gasteiger partial charge on any atom is -0.497 e. The Bertz CT molecular complexity index is 1510. The highest BCUT2D eigenvalue weighted by atomic mass is 79.9. The van der Waals surface area contributed by atoms with Gasteiger partial charge in [0.2, 0.25) is 0 Å². The molecule has 0 saturated carbocycles. The molecule has 5 amide bonds. The molecule has 2 N–H and O–H groups in total. The molecular weight excluding hydrogens is 681 g/mol. The quantitative estimate of drug-likeness (QED) is 0.224. The van der Waals surface area contributed by atoms with Crippen LogP contribution >= 0.6 is 55.1 Å². The smallest absolute Gasteiger partial charge is 0.335 e. The fraction of sp³-hybridized carbons (Fsp3) is 0.0769. The second-order valence-corrected chi connectivity index (χ2v) is 10.5. The van der Waals surface area contributed by atoms with Crippen LogP contribution in [0.15, 0.2) is 69.1 Å². The molecule has 0 unspecified atom stereocenters. The summed E-state index contributed by atoms with van der Waals surface area (Å²) in [5.41, 5.74) is 0.917. The number of nitrogens with one attached hydrogen (secondary N) is 2. The molecule has 1 aliphatic heterocycles. The lowest BCUT2D eigenvalue weighted by atomic mass is 10.1. The fourth-order valence-electron chi connectivity index (χ4n) is 3.50. The van der Waals surface area contributed by atoms with E-state index in [1.807, 2.05) is 0 Å². The Morgan fingerprint density at radius 3 is 2.28 bits per heavy atom. The van der Waals surface area contributed by atoms with Gasteiger partial charge in [-0.1, -0.05) is 23.2 Å². The number of hydrogen-bond acceptors (Lipinski definition) is 6. The standard InChI is InChI=1S/C26H17Br2Cl2N3O6/c1-38-16-5-3-15(4-6-16)33-25(36)17(24(35)32-26(33)37)8-13-9-18(27)23(19(28)10-13)39-12-22(34)31-14-2-7-20(29)21(30)11-14/h2-11H,12H2,1H3,(H,31,34)(H,32,35,37)/b17-8+. The Balaban J connectivity index is 1.51. The van der Waals surface area contributed by atoms with E-state index in [1.165, 1.54) is 31.4 Å². The summed E-state index contributed by atoms with van der Waals surface area (Å²) in [6, 6.07) is 13.2. The molecule has 0 spiro atoms. The molecule has 1 fully saturated rings. The monoisotopic (exact) mass is 695 g/mol. The van der Waals surface area contributed by atoms with Crippen molar-refractivity contribution in [3.63, 3.8) is 0 Å². The number of ether oxygens (including phenoxy) is 2. The Morgan fingerprint density at radius 2 is 1.67 bits per heavy atom. The summed E-state index contributed by atoms with van der Waals surface area (Å²) in [6.07, 6.45) is 1.34. The summed E-state index contributed by atoms with van der Waals surface area (Å²) in [6.45, 7) is -0.322. The maximum absolute atomic E-state index is 13.1. The van der Waals surface area contributed by atoms with Gasteiger partial charge in [-0.25, -0.2) is 9.69 Å². The van der Waals surface area contributed by atoms with Gasteiger partial charge in [0.15, 0.2) is 6.61 Å². The summed E-state index contributed by atoms with van der Waals surface area (Å²) in [7, 11) is 1.49. The first kappa shape index (κ1) is 28.6. The SMILES string of the molecule is COc1ccc(N2C(=O)NC(=O)/C(=C\c3cc(Br)c(OCC(=O)Nc4ccc(Cl)c(Cl)c4)c(Br)c3)C2=O)cc1. The van der Waals surface area contributed by atoms with E-state index >= 15 is 0 Å². The van der Waals surface area contributed by atoms with Crippen LogP contribution in [0, 0.1) is 0 Å². The lowest BCUT2D eigenvalue weighted by molar-refractivity contribution is -0.122. The lowest BCUT2D eigenvalue weighted by Gasteiger charge is -2.26. The Kier molecular flexibility index (Phi) is 8.96. The van der Waals surface area contributed by atoms with Gasteiger partial charge in [0.1, 0.15) is 17.1 Å². The van der Waals surface area contributed by atoms with E-state index < -0.39 is 23.8 Å². The highest BCUT2D eigenvalue weighted by Gasteiger charge is 2.36. The number of methoxy groups -OCH3 is 1. The zero-order valence-corrected chi connectivity index (χ0v) is 24.6. The van der Waals surface area contributed by atoms with Crippen LogP contribution in [-0.2, 0) is 14.4 Å². The van der Waals surface area contributed by atoms with E-state index in [0.29, 0.717) is 41.7 Å². The lowest BCUT2D eigenvalue weighted by Crippen LogP contribution is -2.54. The maximum Gasteiger partial charge on any atom is 0.335 e. The topological polar surface area (TPSA) is 114 Å². The first-order valence-electron chi connectivity index (χ1n) is 11.0. The number of halogens is 4. The van der Waals surface area contributed by atoms with Crippen LogP contribution in [0.4, 0.5) is 16.2 Å². The molecule has 1 saturated heterocycles. The summed E-state index contributed by atoms with van der Waals surface area (Å²) in [5, 5.41) is 5.49. The number of nitrogens with zero attached hydrogens (tertiary/aromatic N) is 1. The summed E-state index contributed by atoms with van der Waals surface area (Å²) < 4.78 is 11.6. The molecule has 39 heavy (non-hydrogen) atoms. The van der Waals surface area contributed by atoms with Gasteiger partial charge in [-0.05, 0) is 98.1 Å². The van der Waals surface area contributed by atoms with Gasteiger partial charge in [0.05, 0.1) is 31.8 Å². The van der Waals surface area contributed by atoms with Crippen molar-refractivity contribution in [2.75, 3.05) is 23.9 Å². The van der Waals surface area contributed by atoms with E-state index in [2.05, 4.69) is 42.5 Å². The van der Waals surface area contributed by atoms with Crippen LogP contribution in [0.5, 0.6) is 11.5 Å². The van der Waals surface area contributed by atoms with Crippen molar-refractivity contribution < 1.29 is 28.7 Å². The largest absolute Gasteiger partial charge is 0.497 e. The number of imide groups is 2. The first-order chi connectivity index (χ1) is 18.6. The number of barbiturate groups is 1. The minimum absolute atomic E-state index is 0.251. The van der Waals surface area contributed by atoms with Crippen molar-refractivity contribution in [3.8, 4) is 11.5 Å². The van der Waals surface area contributed by atoms with Crippen LogP contribution in [-0.4, -0.2) is 37.5 Å². The highest BCUT2D eigenvalue weighted by molar-refractivity contribution is 9.11. The van der Waals surface area contributed by atoms with E-state index in [1.54, 1.807) is 36.4 Å². The van der Waals surface area contributed by atoms with Crippen molar-refractivity contribution in [3.05, 3.63) is 84.7 Å². The number of carbonyl (C=O) groups excluding carboxylic acids is 4. The van der Waals surface area contributed by atoms with Gasteiger partial charge in [0.25, 0.3) is 17.7 Å². The average molecular weight is 698 g/mol. The minimum atomic E-state index is -0.863. The molecule has 0 bridgehead atoms. The zero-order chi connectivity index (χ0) is 28.3. The molecule has 0 atom stereocenters. The van der Waals surface area contributed by atoms with Crippen LogP contribution in [0.3, 0.4) is 0 Å². The molecule has 0 radical (unpaired) electrons. The van der Waals surface area contributed by atoms with Gasteiger partial charge >= 0.3 is 6.03 Å². The van der Waals surface area contributed by atoms with E-state index in [0.717, 1.165) is 4.90 Å². The third kappa shape index (κ3) is 6.62. The molecule has 3 aromatic carbocycles. The van der Waals surface area contributed by atoms with E-state index in [-0.39, 0.29) is 17.9 Å². The van der Waals surface area contributed by atoms with Gasteiger partial charge in [-0.3, -0.25) is 19.7 Å². The fourth-order valence-corrected chi connectivity index (χ4v) is 5.25. The Morgan fingerprint density at radius 1 is 1.00 bits per heavy atom. The second kappa shape index (κ2) is 12.2. The molecule has 1 heterocycles. The molecule has 9 nitrogen and oxygen atoms in total. The molecule has 0 aliphatic carbocycles. The molecule has 1 aliphatic rings. The summed E-state index contributed by atoms with van der Waals surface area (Å²) in [5.74, 6) is -1.21.